The number of fused-ring (bicyclic) bond motifs is 1. The second-order valence-electron chi connectivity index (χ2n) is 4.30. The fourth-order valence-corrected chi connectivity index (χ4v) is 3.43. The quantitative estimate of drug-likeness (QED) is 0.836. The third-order valence-corrected chi connectivity index (χ3v) is 4.52. The van der Waals surface area contributed by atoms with Crippen LogP contribution in [0.2, 0.25) is 10.0 Å². The lowest BCUT2D eigenvalue weighted by atomic mass is 10.1. The summed E-state index contributed by atoms with van der Waals surface area (Å²) in [7, 11) is 0. The largest absolute Gasteiger partial charge is 0.454 e. The topological polar surface area (TPSA) is 42.4 Å². The minimum Gasteiger partial charge on any atom is -0.454 e. The van der Waals surface area contributed by atoms with Crippen LogP contribution in [0.15, 0.2) is 35.5 Å². The van der Waals surface area contributed by atoms with Crippen LogP contribution in [-0.2, 0) is 0 Å². The molecule has 1 aromatic heterocycles. The van der Waals surface area contributed by atoms with Gasteiger partial charge in [-0.15, -0.1) is 0 Å². The van der Waals surface area contributed by atoms with E-state index in [0.717, 1.165) is 0 Å². The molecule has 1 aliphatic rings. The van der Waals surface area contributed by atoms with Gasteiger partial charge in [0, 0.05) is 22.7 Å². The number of pyridine rings is 1. The highest BCUT2D eigenvalue weighted by atomic mass is 35.5. The number of nitrogens with zero attached hydrogens (tertiary/aromatic N) is 1. The van der Waals surface area contributed by atoms with Crippen molar-refractivity contribution in [2.75, 3.05) is 0 Å². The van der Waals surface area contributed by atoms with Gasteiger partial charge >= 0.3 is 5.25 Å². The van der Waals surface area contributed by atoms with E-state index in [0.29, 0.717) is 10.8 Å². The van der Waals surface area contributed by atoms with Crippen molar-refractivity contribution in [3.63, 3.8) is 0 Å². The van der Waals surface area contributed by atoms with Gasteiger partial charge in [-0.2, -0.15) is 8.78 Å². The molecule has 0 saturated heterocycles. The number of ether oxygens (including phenoxy) is 1. The molecule has 1 unspecified atom stereocenters. The summed E-state index contributed by atoms with van der Waals surface area (Å²) in [4.78, 5) is 4.08. The molecule has 3 nitrogen and oxygen atoms in total. The van der Waals surface area contributed by atoms with Crippen LogP contribution < -0.4 is 4.74 Å². The van der Waals surface area contributed by atoms with Crippen LogP contribution in [0, 0.1) is 0 Å². The molecule has 1 N–H and O–H groups in total. The van der Waals surface area contributed by atoms with Crippen LogP contribution in [0.1, 0.15) is 11.7 Å². The van der Waals surface area contributed by atoms with Gasteiger partial charge in [-0.1, -0.05) is 23.2 Å². The Hall–Kier alpha value is -1.08. The molecule has 1 aromatic carbocycles. The van der Waals surface area contributed by atoms with Crippen molar-refractivity contribution in [1.29, 1.82) is 0 Å². The molecule has 0 saturated carbocycles. The fraction of sp³-hybridized carbons (Fsp3) is 0.154. The Labute approximate surface area is 132 Å². The van der Waals surface area contributed by atoms with E-state index in [-0.39, 0.29) is 33.0 Å². The summed E-state index contributed by atoms with van der Waals surface area (Å²) in [5.74, 6) is 0.466. The van der Waals surface area contributed by atoms with Gasteiger partial charge in [0.05, 0.1) is 16.2 Å². The van der Waals surface area contributed by atoms with Gasteiger partial charge in [0.2, 0.25) is 0 Å². The highest BCUT2D eigenvalue weighted by Crippen LogP contribution is 2.57. The first-order valence-corrected chi connectivity index (χ1v) is 7.31. The van der Waals surface area contributed by atoms with E-state index in [1.54, 1.807) is 0 Å². The standard InChI is InChI=1S/C13H7Cl2F2NO2S/c14-6-3-7(5-18-4-6)20-8-1-2-9-10(11(8)15)12(19)13(16,17)21-9/h1-5,12,19H. The Morgan fingerprint density at radius 2 is 2.05 bits per heavy atom. The molecule has 21 heavy (non-hydrogen) atoms. The van der Waals surface area contributed by atoms with Crippen LogP contribution in [0.4, 0.5) is 8.78 Å². The summed E-state index contributed by atoms with van der Waals surface area (Å²) < 4.78 is 32.5. The Balaban J connectivity index is 1.98. The zero-order chi connectivity index (χ0) is 15.2. The molecule has 0 fully saturated rings. The average Bonchev–Trinajstić information content (AvgIpc) is 2.64. The monoisotopic (exact) mass is 349 g/mol. The molecule has 1 atom stereocenters. The van der Waals surface area contributed by atoms with Crippen LogP contribution in [0.5, 0.6) is 11.5 Å². The molecule has 0 spiro atoms. The van der Waals surface area contributed by atoms with Gasteiger partial charge < -0.3 is 9.84 Å². The molecular weight excluding hydrogens is 343 g/mol. The molecule has 0 radical (unpaired) electrons. The normalized spacial score (nSPS) is 19.4. The number of hydrogen-bond donors (Lipinski definition) is 1. The average molecular weight is 350 g/mol. The number of hydrogen-bond acceptors (Lipinski definition) is 4. The van der Waals surface area contributed by atoms with Crippen molar-refractivity contribution in [2.24, 2.45) is 0 Å². The molecule has 3 rings (SSSR count). The highest BCUT2D eigenvalue weighted by Gasteiger charge is 2.49. The maximum atomic E-state index is 13.5. The third kappa shape index (κ3) is 2.68. The van der Waals surface area contributed by atoms with Gasteiger partial charge in [-0.3, -0.25) is 4.98 Å². The summed E-state index contributed by atoms with van der Waals surface area (Å²) in [6.07, 6.45) is 0.876. The summed E-state index contributed by atoms with van der Waals surface area (Å²) in [6, 6.07) is 4.41. The Morgan fingerprint density at radius 3 is 2.76 bits per heavy atom. The first-order valence-electron chi connectivity index (χ1n) is 5.74. The van der Waals surface area contributed by atoms with Gasteiger partial charge in [0.25, 0.3) is 0 Å². The molecule has 8 heteroatoms. The number of aliphatic hydroxyl groups is 1. The minimum absolute atomic E-state index is 0.0286. The SMILES string of the molecule is OC1c2c(ccc(Oc3cncc(Cl)c3)c2Cl)SC1(F)F. The highest BCUT2D eigenvalue weighted by molar-refractivity contribution is 8.00. The van der Waals surface area contributed by atoms with E-state index in [9.17, 15) is 13.9 Å². The number of aliphatic hydroxyl groups excluding tert-OH is 1. The minimum atomic E-state index is -3.30. The Morgan fingerprint density at radius 1 is 1.29 bits per heavy atom. The van der Waals surface area contributed by atoms with Crippen molar-refractivity contribution in [1.82, 2.24) is 4.98 Å². The van der Waals surface area contributed by atoms with Crippen LogP contribution in [0.25, 0.3) is 0 Å². The lowest BCUT2D eigenvalue weighted by Crippen LogP contribution is -2.16. The molecule has 110 valence electrons. The first-order chi connectivity index (χ1) is 9.88. The van der Waals surface area contributed by atoms with E-state index in [1.807, 2.05) is 0 Å². The smallest absolute Gasteiger partial charge is 0.327 e. The number of rotatable bonds is 2. The number of benzene rings is 1. The number of halogens is 4. The van der Waals surface area contributed by atoms with Gasteiger partial charge in [0.1, 0.15) is 11.5 Å². The molecule has 0 bridgehead atoms. The molecule has 2 aromatic rings. The van der Waals surface area contributed by atoms with E-state index in [4.69, 9.17) is 27.9 Å². The van der Waals surface area contributed by atoms with Crippen molar-refractivity contribution < 1.29 is 18.6 Å². The summed E-state index contributed by atoms with van der Waals surface area (Å²) in [6.45, 7) is 0. The van der Waals surface area contributed by atoms with E-state index in [2.05, 4.69) is 4.98 Å². The number of aromatic nitrogens is 1. The van der Waals surface area contributed by atoms with Gasteiger partial charge in [-0.05, 0) is 23.9 Å². The third-order valence-electron chi connectivity index (χ3n) is 2.85. The van der Waals surface area contributed by atoms with E-state index >= 15 is 0 Å². The zero-order valence-electron chi connectivity index (χ0n) is 10.2. The molecule has 1 aliphatic heterocycles. The molecule has 2 heterocycles. The lowest BCUT2D eigenvalue weighted by molar-refractivity contribution is -0.0310. The fourth-order valence-electron chi connectivity index (χ4n) is 1.92. The zero-order valence-corrected chi connectivity index (χ0v) is 12.5. The van der Waals surface area contributed by atoms with Crippen molar-refractivity contribution >= 4 is 35.0 Å². The maximum Gasteiger partial charge on any atom is 0.327 e. The van der Waals surface area contributed by atoms with Crippen molar-refractivity contribution in [3.8, 4) is 11.5 Å². The molecular formula is C13H7Cl2F2NO2S. The molecule has 0 amide bonds. The van der Waals surface area contributed by atoms with Crippen LogP contribution in [-0.4, -0.2) is 15.3 Å². The number of thioether (sulfide) groups is 1. The van der Waals surface area contributed by atoms with Gasteiger partial charge in [-0.25, -0.2) is 0 Å². The summed E-state index contributed by atoms with van der Waals surface area (Å²) in [5.41, 5.74) is -0.0286. The van der Waals surface area contributed by atoms with Crippen LogP contribution in [0.3, 0.4) is 0 Å². The Kier molecular flexibility index (Phi) is 3.73. The van der Waals surface area contributed by atoms with E-state index < -0.39 is 11.4 Å². The van der Waals surface area contributed by atoms with Gasteiger partial charge in [0.15, 0.2) is 6.10 Å². The lowest BCUT2D eigenvalue weighted by Gasteiger charge is -2.14. The predicted molar refractivity (Wildman–Crippen MR) is 76.5 cm³/mol. The maximum absolute atomic E-state index is 13.5. The molecule has 0 aliphatic carbocycles. The van der Waals surface area contributed by atoms with Crippen molar-refractivity contribution in [3.05, 3.63) is 46.2 Å². The predicted octanol–water partition coefficient (Wildman–Crippen LogP) is 4.91. The second-order valence-corrected chi connectivity index (χ2v) is 6.30. The number of alkyl halides is 2. The van der Waals surface area contributed by atoms with Crippen LogP contribution >= 0.6 is 35.0 Å². The first kappa shape index (κ1) is 14.8. The van der Waals surface area contributed by atoms with E-state index in [1.165, 1.54) is 30.6 Å². The van der Waals surface area contributed by atoms with Crippen molar-refractivity contribution in [2.45, 2.75) is 16.3 Å². The summed E-state index contributed by atoms with van der Waals surface area (Å²) in [5, 5.41) is 6.69. The second kappa shape index (κ2) is 5.28. The summed E-state index contributed by atoms with van der Waals surface area (Å²) >= 11 is 12.1. The Bertz CT molecular complexity index is 715.